The molecule has 0 aliphatic carbocycles. The number of fused-ring (bicyclic) bond motifs is 1. The number of hydrogen-bond acceptors (Lipinski definition) is 7. The van der Waals surface area contributed by atoms with Gasteiger partial charge in [-0.2, -0.15) is 5.10 Å². The molecule has 5 heterocycles. The largest absolute Gasteiger partial charge is 0.366 e. The van der Waals surface area contributed by atoms with Crippen molar-refractivity contribution in [3.8, 4) is 10.6 Å². The predicted octanol–water partition coefficient (Wildman–Crippen LogP) is 3.93. The van der Waals surface area contributed by atoms with E-state index in [-0.39, 0.29) is 29.3 Å². The minimum atomic E-state index is -3.12. The van der Waals surface area contributed by atoms with Crippen molar-refractivity contribution in [2.24, 2.45) is 0 Å². The zero-order chi connectivity index (χ0) is 25.7. The molecule has 1 amide bonds. The molecule has 4 aromatic rings. The van der Waals surface area contributed by atoms with Crippen molar-refractivity contribution in [3.63, 3.8) is 0 Å². The Morgan fingerprint density at radius 1 is 1.11 bits per heavy atom. The highest BCUT2D eigenvalue weighted by Gasteiger charge is 2.33. The topological polar surface area (TPSA) is 88.4 Å². The minimum absolute atomic E-state index is 0.0232. The Morgan fingerprint density at radius 3 is 2.57 bits per heavy atom. The molecule has 3 aromatic heterocycles. The number of sulfone groups is 1. The fourth-order valence-corrected chi connectivity index (χ4v) is 7.66. The maximum absolute atomic E-state index is 14.3. The monoisotopic (exact) mass is 539 g/mol. The summed E-state index contributed by atoms with van der Waals surface area (Å²) in [6.45, 7) is 3.80. The van der Waals surface area contributed by atoms with Gasteiger partial charge in [-0.25, -0.2) is 22.5 Å². The Kier molecular flexibility index (Phi) is 5.99. The Morgan fingerprint density at radius 2 is 1.89 bits per heavy atom. The molecule has 6 rings (SSSR count). The molecule has 8 nitrogen and oxygen atoms in total. The summed E-state index contributed by atoms with van der Waals surface area (Å²) >= 11 is 1.53. The summed E-state index contributed by atoms with van der Waals surface area (Å²) in [5.74, 6) is -0.244. The number of aryl methyl sites for hydroxylation is 1. The zero-order valence-corrected chi connectivity index (χ0v) is 21.9. The van der Waals surface area contributed by atoms with Crippen LogP contribution in [-0.2, 0) is 9.84 Å². The summed E-state index contributed by atoms with van der Waals surface area (Å²) in [5.41, 5.74) is 2.91. The van der Waals surface area contributed by atoms with Gasteiger partial charge >= 0.3 is 0 Å². The van der Waals surface area contributed by atoms with Crippen molar-refractivity contribution in [3.05, 3.63) is 64.9 Å². The van der Waals surface area contributed by atoms with Gasteiger partial charge in [0.1, 0.15) is 5.82 Å². The van der Waals surface area contributed by atoms with E-state index in [0.29, 0.717) is 66.3 Å². The van der Waals surface area contributed by atoms with Crippen molar-refractivity contribution in [1.29, 1.82) is 0 Å². The first kappa shape index (κ1) is 24.1. The molecular weight excluding hydrogens is 513 g/mol. The number of pyridine rings is 1. The molecule has 0 spiro atoms. The summed E-state index contributed by atoms with van der Waals surface area (Å²) in [6.07, 6.45) is 0.477. The van der Waals surface area contributed by atoms with Crippen molar-refractivity contribution >= 4 is 43.8 Å². The van der Waals surface area contributed by atoms with E-state index in [0.717, 1.165) is 4.88 Å². The van der Waals surface area contributed by atoms with Gasteiger partial charge in [0, 0.05) is 26.2 Å². The summed E-state index contributed by atoms with van der Waals surface area (Å²) < 4.78 is 40.4. The summed E-state index contributed by atoms with van der Waals surface area (Å²) in [5, 5.41) is 7.30. The predicted molar refractivity (Wildman–Crippen MR) is 142 cm³/mol. The summed E-state index contributed by atoms with van der Waals surface area (Å²) in [6, 6.07) is 12.1. The van der Waals surface area contributed by atoms with E-state index in [2.05, 4.69) is 5.10 Å². The second-order valence-electron chi connectivity index (χ2n) is 9.55. The summed E-state index contributed by atoms with van der Waals surface area (Å²) in [4.78, 5) is 23.5. The average Bonchev–Trinajstić information content (AvgIpc) is 3.63. The number of benzene rings is 1. The number of hydrogen-bond donors (Lipinski definition) is 0. The highest BCUT2D eigenvalue weighted by atomic mass is 32.2. The van der Waals surface area contributed by atoms with Gasteiger partial charge in [-0.3, -0.25) is 4.79 Å². The first-order valence-electron chi connectivity index (χ1n) is 12.2. The number of para-hydroxylation sites is 1. The smallest absolute Gasteiger partial charge is 0.254 e. The SMILES string of the molecule is Cc1nn(C2CCS(=O)(=O)C2)c2nc(-c3cccs3)cc(C(=O)N3CCN(c4ccccc4F)CC3)c12. The van der Waals surface area contributed by atoms with Crippen molar-refractivity contribution in [2.75, 3.05) is 42.6 Å². The van der Waals surface area contributed by atoms with Gasteiger partial charge in [-0.05, 0) is 43.0 Å². The van der Waals surface area contributed by atoms with Gasteiger partial charge in [0.25, 0.3) is 5.91 Å². The van der Waals surface area contributed by atoms with Crippen LogP contribution in [0.5, 0.6) is 0 Å². The van der Waals surface area contributed by atoms with E-state index in [1.807, 2.05) is 41.5 Å². The van der Waals surface area contributed by atoms with Gasteiger partial charge in [-0.1, -0.05) is 18.2 Å². The molecule has 192 valence electrons. The molecule has 0 N–H and O–H groups in total. The third-order valence-electron chi connectivity index (χ3n) is 7.16. The second kappa shape index (κ2) is 9.21. The maximum atomic E-state index is 14.3. The maximum Gasteiger partial charge on any atom is 0.254 e. The highest BCUT2D eigenvalue weighted by Crippen LogP contribution is 2.34. The van der Waals surface area contributed by atoms with Crippen molar-refractivity contribution in [1.82, 2.24) is 19.7 Å². The molecule has 2 fully saturated rings. The molecule has 11 heteroatoms. The molecule has 2 aliphatic rings. The summed E-state index contributed by atoms with van der Waals surface area (Å²) in [7, 11) is -3.12. The molecule has 1 unspecified atom stereocenters. The number of thiophene rings is 1. The number of carbonyl (C=O) groups excluding carboxylic acids is 1. The second-order valence-corrected chi connectivity index (χ2v) is 12.7. The van der Waals surface area contributed by atoms with Crippen LogP contribution in [0.25, 0.3) is 21.6 Å². The molecule has 0 radical (unpaired) electrons. The van der Waals surface area contributed by atoms with Crippen LogP contribution in [0, 0.1) is 12.7 Å². The van der Waals surface area contributed by atoms with Gasteiger partial charge in [-0.15, -0.1) is 11.3 Å². The van der Waals surface area contributed by atoms with E-state index in [1.54, 1.807) is 21.7 Å². The van der Waals surface area contributed by atoms with E-state index in [1.165, 1.54) is 17.4 Å². The molecule has 37 heavy (non-hydrogen) atoms. The molecule has 2 saturated heterocycles. The molecule has 1 aromatic carbocycles. The first-order valence-corrected chi connectivity index (χ1v) is 14.9. The number of aromatic nitrogens is 3. The number of carbonyl (C=O) groups is 1. The minimum Gasteiger partial charge on any atom is -0.366 e. The van der Waals surface area contributed by atoms with Crippen LogP contribution < -0.4 is 4.90 Å². The standard InChI is InChI=1S/C26H26FN5O3S2/c1-17-24-19(26(33)31-11-9-30(10-12-31)22-6-3-2-5-20(22)27)15-21(23-7-4-13-36-23)28-25(24)32(29-17)18-8-14-37(34,35)16-18/h2-7,13,15,18H,8-12,14,16H2,1H3. The molecule has 0 saturated carbocycles. The first-order chi connectivity index (χ1) is 17.8. The van der Waals surface area contributed by atoms with Crippen LogP contribution in [0.2, 0.25) is 0 Å². The average molecular weight is 540 g/mol. The number of piperazine rings is 1. The van der Waals surface area contributed by atoms with Gasteiger partial charge in [0.15, 0.2) is 15.5 Å². The van der Waals surface area contributed by atoms with Crippen LogP contribution >= 0.6 is 11.3 Å². The van der Waals surface area contributed by atoms with Crippen LogP contribution in [0.4, 0.5) is 10.1 Å². The lowest BCUT2D eigenvalue weighted by molar-refractivity contribution is 0.0748. The third-order valence-corrected chi connectivity index (χ3v) is 9.80. The lowest BCUT2D eigenvalue weighted by atomic mass is 10.1. The zero-order valence-electron chi connectivity index (χ0n) is 20.3. The number of rotatable bonds is 4. The molecule has 1 atom stereocenters. The number of amides is 1. The highest BCUT2D eigenvalue weighted by molar-refractivity contribution is 7.91. The van der Waals surface area contributed by atoms with Crippen LogP contribution in [0.3, 0.4) is 0 Å². The van der Waals surface area contributed by atoms with Crippen LogP contribution in [0.15, 0.2) is 47.8 Å². The molecular formula is C26H26FN5O3S2. The Labute approximate surface area is 218 Å². The third kappa shape index (κ3) is 4.40. The van der Waals surface area contributed by atoms with Gasteiger partial charge < -0.3 is 9.80 Å². The fourth-order valence-electron chi connectivity index (χ4n) is 5.28. The number of anilines is 1. The van der Waals surface area contributed by atoms with Crippen molar-refractivity contribution < 1.29 is 17.6 Å². The van der Waals surface area contributed by atoms with E-state index in [9.17, 15) is 17.6 Å². The van der Waals surface area contributed by atoms with Gasteiger partial charge in [0.2, 0.25) is 0 Å². The quantitative estimate of drug-likeness (QED) is 0.391. The fraction of sp³-hybridized carbons (Fsp3) is 0.346. The van der Waals surface area contributed by atoms with Crippen LogP contribution in [0.1, 0.15) is 28.5 Å². The van der Waals surface area contributed by atoms with Crippen molar-refractivity contribution in [2.45, 2.75) is 19.4 Å². The number of nitrogens with zero attached hydrogens (tertiary/aromatic N) is 5. The normalized spacial score (nSPS) is 19.6. The number of halogens is 1. The lowest BCUT2D eigenvalue weighted by Crippen LogP contribution is -2.49. The molecule has 2 aliphatic heterocycles. The van der Waals surface area contributed by atoms with E-state index in [4.69, 9.17) is 4.98 Å². The van der Waals surface area contributed by atoms with E-state index >= 15 is 0 Å². The van der Waals surface area contributed by atoms with Gasteiger partial charge in [0.05, 0.1) is 50.4 Å². The molecule has 0 bridgehead atoms. The Bertz CT molecular complexity index is 1590. The van der Waals surface area contributed by atoms with E-state index < -0.39 is 9.84 Å². The Hall–Kier alpha value is -3.31. The lowest BCUT2D eigenvalue weighted by Gasteiger charge is -2.36. The van der Waals surface area contributed by atoms with Crippen LogP contribution in [-0.4, -0.2) is 71.7 Å². The Balaban J connectivity index is 1.37.